The lowest BCUT2D eigenvalue weighted by molar-refractivity contribution is -0.125. The molecule has 1 fully saturated rings. The van der Waals surface area contributed by atoms with Crippen molar-refractivity contribution in [3.8, 4) is 5.75 Å². The molecule has 1 unspecified atom stereocenters. The average Bonchev–Trinajstić information content (AvgIpc) is 2.49. The van der Waals surface area contributed by atoms with E-state index in [4.69, 9.17) is 4.74 Å². The van der Waals surface area contributed by atoms with Crippen molar-refractivity contribution >= 4 is 5.91 Å². The number of hydrogen-bond acceptors (Lipinski definition) is 3. The van der Waals surface area contributed by atoms with Gasteiger partial charge >= 0.3 is 0 Å². The Morgan fingerprint density at radius 2 is 2.21 bits per heavy atom. The van der Waals surface area contributed by atoms with Gasteiger partial charge in [0.2, 0.25) is 5.91 Å². The normalized spacial score (nSPS) is 18.9. The summed E-state index contributed by atoms with van der Waals surface area (Å²) in [5, 5.41) is 6.28. The van der Waals surface area contributed by atoms with Gasteiger partial charge in [-0.3, -0.25) is 4.79 Å². The van der Waals surface area contributed by atoms with Crippen molar-refractivity contribution in [2.24, 2.45) is 5.92 Å². The predicted molar refractivity (Wildman–Crippen MR) is 75.3 cm³/mol. The molecule has 0 aromatic heterocycles. The number of piperidine rings is 1. The minimum Gasteiger partial charge on any atom is -0.497 e. The largest absolute Gasteiger partial charge is 0.497 e. The van der Waals surface area contributed by atoms with Crippen LogP contribution in [0.15, 0.2) is 24.3 Å². The number of carbonyl (C=O) groups excluding carboxylic acids is 1. The van der Waals surface area contributed by atoms with Crippen molar-refractivity contribution < 1.29 is 9.53 Å². The van der Waals surface area contributed by atoms with Gasteiger partial charge in [0.1, 0.15) is 5.75 Å². The highest BCUT2D eigenvalue weighted by atomic mass is 16.5. The average molecular weight is 262 g/mol. The molecule has 2 rings (SSSR count). The summed E-state index contributed by atoms with van der Waals surface area (Å²) in [5.74, 6) is 1.19. The fourth-order valence-corrected chi connectivity index (χ4v) is 2.34. The Hall–Kier alpha value is -1.55. The second-order valence-corrected chi connectivity index (χ2v) is 4.93. The lowest BCUT2D eigenvalue weighted by Crippen LogP contribution is -2.41. The molecule has 0 saturated carbocycles. The van der Waals surface area contributed by atoms with Gasteiger partial charge in [-0.15, -0.1) is 0 Å². The molecule has 4 heteroatoms. The van der Waals surface area contributed by atoms with Crippen molar-refractivity contribution in [3.05, 3.63) is 29.8 Å². The molecule has 1 aromatic rings. The highest BCUT2D eigenvalue weighted by molar-refractivity contribution is 5.78. The molecular formula is C15H22N2O2. The van der Waals surface area contributed by atoms with Crippen LogP contribution < -0.4 is 15.4 Å². The van der Waals surface area contributed by atoms with E-state index in [1.165, 1.54) is 5.56 Å². The molecule has 0 bridgehead atoms. The number of methoxy groups -OCH3 is 1. The van der Waals surface area contributed by atoms with Crippen molar-refractivity contribution in [3.63, 3.8) is 0 Å². The minimum absolute atomic E-state index is 0.143. The van der Waals surface area contributed by atoms with E-state index in [1.807, 2.05) is 24.3 Å². The van der Waals surface area contributed by atoms with Crippen LogP contribution in [0.3, 0.4) is 0 Å². The van der Waals surface area contributed by atoms with Crippen LogP contribution in [0.2, 0.25) is 0 Å². The van der Waals surface area contributed by atoms with Crippen molar-refractivity contribution in [2.75, 3.05) is 26.7 Å². The second kappa shape index (κ2) is 7.14. The Balaban J connectivity index is 1.71. The van der Waals surface area contributed by atoms with Gasteiger partial charge in [-0.05, 0) is 43.5 Å². The monoisotopic (exact) mass is 262 g/mol. The summed E-state index contributed by atoms with van der Waals surface area (Å²) in [7, 11) is 1.66. The summed E-state index contributed by atoms with van der Waals surface area (Å²) >= 11 is 0. The predicted octanol–water partition coefficient (Wildman–Crippen LogP) is 1.35. The molecule has 2 N–H and O–H groups in total. The molecule has 0 aliphatic carbocycles. The third kappa shape index (κ3) is 4.24. The molecular weight excluding hydrogens is 240 g/mol. The summed E-state index contributed by atoms with van der Waals surface area (Å²) in [6, 6.07) is 7.96. The lowest BCUT2D eigenvalue weighted by Gasteiger charge is -2.21. The summed E-state index contributed by atoms with van der Waals surface area (Å²) in [4.78, 5) is 11.9. The van der Waals surface area contributed by atoms with Gasteiger partial charge in [0, 0.05) is 13.1 Å². The first kappa shape index (κ1) is 13.9. The summed E-state index contributed by atoms with van der Waals surface area (Å²) in [5.41, 5.74) is 1.21. The van der Waals surface area contributed by atoms with Crippen molar-refractivity contribution in [1.29, 1.82) is 0 Å². The zero-order chi connectivity index (χ0) is 13.5. The summed E-state index contributed by atoms with van der Waals surface area (Å²) < 4.78 is 5.11. The quantitative estimate of drug-likeness (QED) is 0.842. The smallest absolute Gasteiger partial charge is 0.224 e. The maximum Gasteiger partial charge on any atom is 0.224 e. The first-order valence-corrected chi connectivity index (χ1v) is 6.91. The number of hydrogen-bond donors (Lipinski definition) is 2. The number of amides is 1. The third-order valence-corrected chi connectivity index (χ3v) is 3.54. The van der Waals surface area contributed by atoms with Crippen LogP contribution in [0.1, 0.15) is 18.4 Å². The van der Waals surface area contributed by atoms with Crippen LogP contribution in [0, 0.1) is 5.92 Å². The zero-order valence-electron chi connectivity index (χ0n) is 11.4. The zero-order valence-corrected chi connectivity index (χ0v) is 11.4. The van der Waals surface area contributed by atoms with Crippen molar-refractivity contribution in [1.82, 2.24) is 10.6 Å². The summed E-state index contributed by atoms with van der Waals surface area (Å²) in [6.45, 7) is 2.55. The van der Waals surface area contributed by atoms with Gasteiger partial charge in [0.15, 0.2) is 0 Å². The molecule has 1 aromatic carbocycles. The lowest BCUT2D eigenvalue weighted by atomic mass is 9.99. The Labute approximate surface area is 114 Å². The standard InChI is InChI=1S/C15H22N2O2/c1-19-14-6-4-12(5-7-14)8-10-17-15(18)13-3-2-9-16-11-13/h4-7,13,16H,2-3,8-11H2,1H3,(H,17,18). The highest BCUT2D eigenvalue weighted by Crippen LogP contribution is 2.12. The number of benzene rings is 1. The first-order valence-electron chi connectivity index (χ1n) is 6.91. The van der Waals surface area contributed by atoms with E-state index in [1.54, 1.807) is 7.11 Å². The van der Waals surface area contributed by atoms with E-state index in [9.17, 15) is 4.79 Å². The molecule has 1 heterocycles. The number of ether oxygens (including phenoxy) is 1. The van der Waals surface area contributed by atoms with Gasteiger partial charge in [0.25, 0.3) is 0 Å². The maximum atomic E-state index is 11.9. The SMILES string of the molecule is COc1ccc(CCNC(=O)C2CCCNC2)cc1. The molecule has 0 spiro atoms. The van der Waals surface area contributed by atoms with Crippen LogP contribution in [-0.4, -0.2) is 32.7 Å². The molecule has 4 nitrogen and oxygen atoms in total. The van der Waals surface area contributed by atoms with Gasteiger partial charge in [-0.25, -0.2) is 0 Å². The van der Waals surface area contributed by atoms with E-state index >= 15 is 0 Å². The van der Waals surface area contributed by atoms with Gasteiger partial charge in [-0.2, -0.15) is 0 Å². The Morgan fingerprint density at radius 3 is 2.84 bits per heavy atom. The first-order chi connectivity index (χ1) is 9.29. The van der Waals surface area contributed by atoms with E-state index in [-0.39, 0.29) is 11.8 Å². The van der Waals surface area contributed by atoms with Crippen LogP contribution in [-0.2, 0) is 11.2 Å². The third-order valence-electron chi connectivity index (χ3n) is 3.54. The molecule has 1 atom stereocenters. The number of nitrogens with one attached hydrogen (secondary N) is 2. The van der Waals surface area contributed by atoms with E-state index in [0.717, 1.165) is 38.1 Å². The molecule has 104 valence electrons. The molecule has 0 radical (unpaired) electrons. The van der Waals surface area contributed by atoms with Gasteiger partial charge < -0.3 is 15.4 Å². The Morgan fingerprint density at radius 1 is 1.42 bits per heavy atom. The molecule has 1 aliphatic rings. The maximum absolute atomic E-state index is 11.9. The van der Waals surface area contributed by atoms with Crippen molar-refractivity contribution in [2.45, 2.75) is 19.3 Å². The van der Waals surface area contributed by atoms with Gasteiger partial charge in [0.05, 0.1) is 13.0 Å². The Bertz CT molecular complexity index is 397. The molecule has 1 amide bonds. The molecule has 19 heavy (non-hydrogen) atoms. The van der Waals surface area contributed by atoms with Gasteiger partial charge in [-0.1, -0.05) is 12.1 Å². The second-order valence-electron chi connectivity index (χ2n) is 4.93. The van der Waals surface area contributed by atoms with Crippen LogP contribution in [0.4, 0.5) is 0 Å². The number of carbonyl (C=O) groups is 1. The van der Waals surface area contributed by atoms with E-state index in [0.29, 0.717) is 6.54 Å². The van der Waals surface area contributed by atoms with Crippen LogP contribution in [0.5, 0.6) is 5.75 Å². The number of rotatable bonds is 5. The minimum atomic E-state index is 0.143. The van der Waals surface area contributed by atoms with E-state index < -0.39 is 0 Å². The summed E-state index contributed by atoms with van der Waals surface area (Å²) in [6.07, 6.45) is 2.95. The fourth-order valence-electron chi connectivity index (χ4n) is 2.34. The topological polar surface area (TPSA) is 50.4 Å². The van der Waals surface area contributed by atoms with Crippen LogP contribution in [0.25, 0.3) is 0 Å². The molecule has 1 aliphatic heterocycles. The van der Waals surface area contributed by atoms with Crippen LogP contribution >= 0.6 is 0 Å². The van der Waals surface area contributed by atoms with E-state index in [2.05, 4.69) is 10.6 Å². The Kier molecular flexibility index (Phi) is 5.21. The fraction of sp³-hybridized carbons (Fsp3) is 0.533. The molecule has 1 saturated heterocycles. The highest BCUT2D eigenvalue weighted by Gasteiger charge is 2.19.